The van der Waals surface area contributed by atoms with Crippen LogP contribution in [0.3, 0.4) is 0 Å². The molecule has 2 rings (SSSR count). The van der Waals surface area contributed by atoms with E-state index in [-0.39, 0.29) is 22.1 Å². The number of amides is 1. The van der Waals surface area contributed by atoms with Gasteiger partial charge in [-0.3, -0.25) is 4.79 Å². The minimum absolute atomic E-state index is 0.119. The predicted molar refractivity (Wildman–Crippen MR) is 87.8 cm³/mol. The van der Waals surface area contributed by atoms with Crippen LogP contribution in [0.15, 0.2) is 40.9 Å². The minimum Gasteiger partial charge on any atom is -0.507 e. The Morgan fingerprint density at radius 3 is 2.38 bits per heavy atom. The molecule has 21 heavy (non-hydrogen) atoms. The minimum atomic E-state index is -0.662. The summed E-state index contributed by atoms with van der Waals surface area (Å²) < 4.78 is 0.758. The van der Waals surface area contributed by atoms with Crippen LogP contribution in [-0.2, 0) is 0 Å². The molecule has 0 spiro atoms. The van der Waals surface area contributed by atoms with Crippen LogP contribution in [0.25, 0.3) is 0 Å². The monoisotopic (exact) mass is 366 g/mol. The third kappa shape index (κ3) is 3.32. The maximum absolute atomic E-state index is 12.2. The molecule has 0 aliphatic rings. The van der Waals surface area contributed by atoms with Crippen LogP contribution in [0.1, 0.15) is 15.9 Å². The van der Waals surface area contributed by atoms with Gasteiger partial charge in [0.2, 0.25) is 0 Å². The number of hydrogen-bond donors (Lipinski definition) is 4. The fraction of sp³-hybridized carbons (Fsp3) is 0. The summed E-state index contributed by atoms with van der Waals surface area (Å²) in [4.78, 5) is 12.3. The van der Waals surface area contributed by atoms with Crippen molar-refractivity contribution in [3.8, 4) is 11.5 Å². The molecule has 0 heterocycles. The standard InChI is InChI=1S/C14H11BrN2O3S/c15-7-4-5-9(8(6-7)13(16)21)17-14(20)12-10(18)2-1-3-11(12)19/h1-6,18-19H,(H2,16,21)(H,17,20). The molecule has 0 bridgehead atoms. The number of hydrogen-bond acceptors (Lipinski definition) is 4. The van der Waals surface area contributed by atoms with E-state index in [9.17, 15) is 15.0 Å². The number of aromatic hydroxyl groups is 2. The molecule has 5 nitrogen and oxygen atoms in total. The summed E-state index contributed by atoms with van der Waals surface area (Å²) in [6, 6.07) is 9.05. The van der Waals surface area contributed by atoms with E-state index in [2.05, 4.69) is 21.2 Å². The number of carbonyl (C=O) groups is 1. The number of nitrogens with two attached hydrogens (primary N) is 1. The van der Waals surface area contributed by atoms with Crippen molar-refractivity contribution in [2.75, 3.05) is 5.32 Å². The van der Waals surface area contributed by atoms with E-state index in [1.807, 2.05) is 0 Å². The fourth-order valence-corrected chi connectivity index (χ4v) is 2.31. The number of carbonyl (C=O) groups excluding carboxylic acids is 1. The van der Waals surface area contributed by atoms with E-state index in [4.69, 9.17) is 18.0 Å². The van der Waals surface area contributed by atoms with E-state index in [1.165, 1.54) is 18.2 Å². The predicted octanol–water partition coefficient (Wildman–Crippen LogP) is 2.75. The molecule has 0 radical (unpaired) electrons. The third-order valence-corrected chi connectivity index (χ3v) is 3.46. The highest BCUT2D eigenvalue weighted by Gasteiger charge is 2.17. The number of anilines is 1. The van der Waals surface area contributed by atoms with Crippen LogP contribution in [0.4, 0.5) is 5.69 Å². The molecule has 0 aromatic heterocycles. The first-order chi connectivity index (χ1) is 9.90. The maximum atomic E-state index is 12.2. The zero-order valence-corrected chi connectivity index (χ0v) is 13.0. The van der Waals surface area contributed by atoms with Gasteiger partial charge in [-0.25, -0.2) is 0 Å². The number of nitrogens with one attached hydrogen (secondary N) is 1. The van der Waals surface area contributed by atoms with Gasteiger partial charge in [0.1, 0.15) is 22.1 Å². The van der Waals surface area contributed by atoms with Gasteiger partial charge in [0, 0.05) is 10.0 Å². The van der Waals surface area contributed by atoms with Gasteiger partial charge < -0.3 is 21.3 Å². The molecule has 108 valence electrons. The summed E-state index contributed by atoms with van der Waals surface area (Å²) in [6.45, 7) is 0. The lowest BCUT2D eigenvalue weighted by Crippen LogP contribution is -2.18. The maximum Gasteiger partial charge on any atom is 0.263 e. The molecule has 0 atom stereocenters. The Morgan fingerprint density at radius 1 is 1.19 bits per heavy atom. The van der Waals surface area contributed by atoms with Gasteiger partial charge in [-0.2, -0.15) is 0 Å². The van der Waals surface area contributed by atoms with Crippen molar-refractivity contribution in [3.05, 3.63) is 52.0 Å². The van der Waals surface area contributed by atoms with Crippen LogP contribution in [-0.4, -0.2) is 21.1 Å². The average molecular weight is 367 g/mol. The lowest BCUT2D eigenvalue weighted by Gasteiger charge is -2.12. The Labute approximate surface area is 134 Å². The molecule has 7 heteroatoms. The topological polar surface area (TPSA) is 95.6 Å². The summed E-state index contributed by atoms with van der Waals surface area (Å²) in [6.07, 6.45) is 0. The molecule has 0 saturated carbocycles. The summed E-state index contributed by atoms with van der Waals surface area (Å²) >= 11 is 8.23. The summed E-state index contributed by atoms with van der Waals surface area (Å²) in [7, 11) is 0. The molecule has 5 N–H and O–H groups in total. The number of rotatable bonds is 3. The summed E-state index contributed by atoms with van der Waals surface area (Å²) in [5.41, 5.74) is 6.27. The van der Waals surface area contributed by atoms with Gasteiger partial charge in [-0.05, 0) is 30.3 Å². The molecule has 1 amide bonds. The van der Waals surface area contributed by atoms with E-state index in [0.29, 0.717) is 11.3 Å². The fourth-order valence-electron chi connectivity index (χ4n) is 1.78. The van der Waals surface area contributed by atoms with E-state index < -0.39 is 5.91 Å². The van der Waals surface area contributed by atoms with Gasteiger partial charge in [0.15, 0.2) is 0 Å². The third-order valence-electron chi connectivity index (χ3n) is 2.74. The van der Waals surface area contributed by atoms with Crippen LogP contribution < -0.4 is 11.1 Å². The largest absolute Gasteiger partial charge is 0.507 e. The molecule has 0 aliphatic heterocycles. The molecule has 0 saturated heterocycles. The lowest BCUT2D eigenvalue weighted by atomic mass is 10.1. The lowest BCUT2D eigenvalue weighted by molar-refractivity contribution is 0.102. The van der Waals surface area contributed by atoms with E-state index in [1.54, 1.807) is 18.2 Å². The molecule has 0 unspecified atom stereocenters. The smallest absolute Gasteiger partial charge is 0.263 e. The first-order valence-corrected chi connectivity index (χ1v) is 7.02. The summed E-state index contributed by atoms with van der Waals surface area (Å²) in [5.74, 6) is -1.30. The van der Waals surface area contributed by atoms with Gasteiger partial charge in [0.25, 0.3) is 5.91 Å². The highest BCUT2D eigenvalue weighted by Crippen LogP contribution is 2.28. The molecule has 2 aromatic rings. The van der Waals surface area contributed by atoms with Gasteiger partial charge in [0.05, 0.1) is 5.69 Å². The van der Waals surface area contributed by atoms with Crippen LogP contribution in [0.2, 0.25) is 0 Å². The Bertz CT molecular complexity index is 714. The second-order valence-electron chi connectivity index (χ2n) is 4.18. The first kappa shape index (κ1) is 15.3. The number of benzene rings is 2. The van der Waals surface area contributed by atoms with Crippen molar-refractivity contribution in [2.45, 2.75) is 0 Å². The second kappa shape index (κ2) is 6.11. The highest BCUT2D eigenvalue weighted by molar-refractivity contribution is 9.10. The molecular weight excluding hydrogens is 356 g/mol. The Balaban J connectivity index is 2.39. The first-order valence-electron chi connectivity index (χ1n) is 5.82. The zero-order chi connectivity index (χ0) is 15.6. The van der Waals surface area contributed by atoms with Crippen LogP contribution in [0, 0.1) is 0 Å². The molecule has 2 aromatic carbocycles. The Morgan fingerprint density at radius 2 is 1.81 bits per heavy atom. The Hall–Kier alpha value is -2.12. The van der Waals surface area contributed by atoms with E-state index in [0.717, 1.165) is 4.47 Å². The van der Waals surface area contributed by atoms with Gasteiger partial charge >= 0.3 is 0 Å². The van der Waals surface area contributed by atoms with Gasteiger partial charge in [-0.15, -0.1) is 0 Å². The van der Waals surface area contributed by atoms with Crippen LogP contribution in [0.5, 0.6) is 11.5 Å². The van der Waals surface area contributed by atoms with Gasteiger partial charge in [-0.1, -0.05) is 34.2 Å². The highest BCUT2D eigenvalue weighted by atomic mass is 79.9. The van der Waals surface area contributed by atoms with Crippen molar-refractivity contribution >= 4 is 44.7 Å². The molecular formula is C14H11BrN2O3S. The normalized spacial score (nSPS) is 10.1. The van der Waals surface area contributed by atoms with Crippen molar-refractivity contribution < 1.29 is 15.0 Å². The number of phenols is 2. The SMILES string of the molecule is NC(=S)c1cc(Br)ccc1NC(=O)c1c(O)cccc1O. The Kier molecular flexibility index (Phi) is 4.44. The van der Waals surface area contributed by atoms with Crippen LogP contribution >= 0.6 is 28.1 Å². The summed E-state index contributed by atoms with van der Waals surface area (Å²) in [5, 5.41) is 21.9. The van der Waals surface area contributed by atoms with Crippen molar-refractivity contribution in [3.63, 3.8) is 0 Å². The second-order valence-corrected chi connectivity index (χ2v) is 5.54. The molecule has 0 fully saturated rings. The number of thiocarbonyl (C=S) groups is 1. The van der Waals surface area contributed by atoms with Crippen molar-refractivity contribution in [1.29, 1.82) is 0 Å². The van der Waals surface area contributed by atoms with Crippen molar-refractivity contribution in [2.24, 2.45) is 5.73 Å². The zero-order valence-electron chi connectivity index (χ0n) is 10.6. The van der Waals surface area contributed by atoms with E-state index >= 15 is 0 Å². The number of phenolic OH excluding ortho intramolecular Hbond substituents is 2. The molecule has 0 aliphatic carbocycles. The number of halogens is 1. The van der Waals surface area contributed by atoms with Crippen molar-refractivity contribution in [1.82, 2.24) is 0 Å². The quantitative estimate of drug-likeness (QED) is 0.626. The average Bonchev–Trinajstić information content (AvgIpc) is 2.40.